The number of hydrazine groups is 1. The van der Waals surface area contributed by atoms with E-state index in [2.05, 4.69) is 21.9 Å². The summed E-state index contributed by atoms with van der Waals surface area (Å²) in [5.74, 6) is 0.647. The first kappa shape index (κ1) is 24.1. The summed E-state index contributed by atoms with van der Waals surface area (Å²) in [6.07, 6.45) is 0. The van der Waals surface area contributed by atoms with Gasteiger partial charge in [0, 0.05) is 48.9 Å². The molecule has 1 aliphatic rings. The van der Waals surface area contributed by atoms with E-state index in [1.807, 2.05) is 59.6 Å². The lowest BCUT2D eigenvalue weighted by Crippen LogP contribution is -2.52. The largest absolute Gasteiger partial charge is 0.319 e. The summed E-state index contributed by atoms with van der Waals surface area (Å²) in [6.45, 7) is 4.04. The highest BCUT2D eigenvalue weighted by Crippen LogP contribution is 2.32. The summed E-state index contributed by atoms with van der Waals surface area (Å²) in [5.41, 5.74) is 7.19. The maximum Gasteiger partial charge on any atom is 0.265 e. The molecule has 0 spiro atoms. The number of imidazole rings is 1. The van der Waals surface area contributed by atoms with Gasteiger partial charge in [-0.25, -0.2) is 9.99 Å². The molecule has 1 aliphatic heterocycles. The Bertz CT molecular complexity index is 1360. The number of likely N-dealkylation sites (N-methyl/N-ethyl adjacent to an activating group) is 1. The number of hydrogen-bond donors (Lipinski definition) is 1. The Morgan fingerprint density at radius 1 is 0.914 bits per heavy atom. The van der Waals surface area contributed by atoms with E-state index in [1.165, 1.54) is 0 Å². The first-order valence-corrected chi connectivity index (χ1v) is 12.5. The smallest absolute Gasteiger partial charge is 0.265 e. The second-order valence-electron chi connectivity index (χ2n) is 8.71. The van der Waals surface area contributed by atoms with Crippen LogP contribution in [0.2, 0.25) is 15.1 Å². The van der Waals surface area contributed by atoms with Crippen molar-refractivity contribution in [2.45, 2.75) is 6.54 Å². The van der Waals surface area contributed by atoms with Gasteiger partial charge in [-0.15, -0.1) is 0 Å². The second-order valence-corrected chi connectivity index (χ2v) is 9.96. The van der Waals surface area contributed by atoms with Crippen LogP contribution in [0.4, 0.5) is 0 Å². The molecule has 35 heavy (non-hydrogen) atoms. The van der Waals surface area contributed by atoms with E-state index in [-0.39, 0.29) is 5.91 Å². The number of hydrogen-bond acceptors (Lipinski definition) is 4. The van der Waals surface area contributed by atoms with Gasteiger partial charge in [0.05, 0.1) is 21.1 Å². The van der Waals surface area contributed by atoms with Gasteiger partial charge in [-0.3, -0.25) is 10.2 Å². The normalized spacial score (nSPS) is 15.0. The predicted molar refractivity (Wildman–Crippen MR) is 142 cm³/mol. The van der Waals surface area contributed by atoms with Gasteiger partial charge in [-0.2, -0.15) is 0 Å². The lowest BCUT2D eigenvalue weighted by atomic mass is 10.1. The number of fused-ring (bicyclic) bond motifs is 1. The molecule has 1 N–H and O–H groups in total. The minimum absolute atomic E-state index is 0.116. The summed E-state index contributed by atoms with van der Waals surface area (Å²) in [5, 5.41) is 3.58. The Balaban J connectivity index is 1.45. The van der Waals surface area contributed by atoms with Crippen molar-refractivity contribution in [1.82, 2.24) is 24.9 Å². The minimum Gasteiger partial charge on any atom is -0.319 e. The molecule has 0 bridgehead atoms. The lowest BCUT2D eigenvalue weighted by Gasteiger charge is -2.32. The van der Waals surface area contributed by atoms with E-state index >= 15 is 0 Å². The van der Waals surface area contributed by atoms with E-state index < -0.39 is 0 Å². The molecule has 4 aromatic rings. The van der Waals surface area contributed by atoms with Crippen LogP contribution in [0.5, 0.6) is 0 Å². The molecule has 1 aromatic heterocycles. The number of nitrogens with zero attached hydrogens (tertiary/aromatic N) is 4. The number of benzene rings is 3. The zero-order valence-electron chi connectivity index (χ0n) is 19.1. The average Bonchev–Trinajstić information content (AvgIpc) is 3.19. The van der Waals surface area contributed by atoms with Crippen LogP contribution in [0.1, 0.15) is 15.9 Å². The van der Waals surface area contributed by atoms with Crippen LogP contribution in [-0.2, 0) is 6.54 Å². The fourth-order valence-corrected chi connectivity index (χ4v) is 4.61. The fourth-order valence-electron chi connectivity index (χ4n) is 4.17. The molecule has 2 heterocycles. The molecule has 1 fully saturated rings. The molecule has 0 aliphatic carbocycles. The topological polar surface area (TPSA) is 53.4 Å². The molecule has 3 aromatic carbocycles. The lowest BCUT2D eigenvalue weighted by molar-refractivity contribution is 0.0662. The molecule has 0 atom stereocenters. The van der Waals surface area contributed by atoms with Crippen molar-refractivity contribution < 1.29 is 4.79 Å². The number of piperazine rings is 1. The number of halogens is 3. The standard InChI is InChI=1S/C26H24Cl3N5O/c1-32-10-12-33(13-11-32)31-26(35)19-6-4-18(5-7-19)25-30-23-14-21(28)22(29)15-24(23)34(25)16-17-2-8-20(27)9-3-17/h2-9,14-15H,10-13,16H2,1H3,(H,31,35). The molecule has 5 rings (SSSR count). The highest BCUT2D eigenvalue weighted by atomic mass is 35.5. The van der Waals surface area contributed by atoms with Crippen LogP contribution in [-0.4, -0.2) is 58.6 Å². The zero-order valence-corrected chi connectivity index (χ0v) is 21.4. The van der Waals surface area contributed by atoms with Gasteiger partial charge < -0.3 is 9.47 Å². The zero-order chi connectivity index (χ0) is 24.5. The number of carbonyl (C=O) groups is 1. The Hall–Kier alpha value is -2.61. The van der Waals surface area contributed by atoms with Crippen LogP contribution >= 0.6 is 34.8 Å². The van der Waals surface area contributed by atoms with E-state index in [1.54, 1.807) is 6.07 Å². The third-order valence-electron chi connectivity index (χ3n) is 6.21. The molecule has 1 saturated heterocycles. The van der Waals surface area contributed by atoms with Gasteiger partial charge in [0.2, 0.25) is 0 Å². The van der Waals surface area contributed by atoms with Crippen LogP contribution in [0.15, 0.2) is 60.7 Å². The maximum absolute atomic E-state index is 12.8. The molecule has 6 nitrogen and oxygen atoms in total. The van der Waals surface area contributed by atoms with Crippen LogP contribution in [0.25, 0.3) is 22.4 Å². The Morgan fingerprint density at radius 3 is 2.26 bits per heavy atom. The molecule has 9 heteroatoms. The fraction of sp³-hybridized carbons (Fsp3) is 0.231. The molecular formula is C26H24Cl3N5O. The van der Waals surface area contributed by atoms with Gasteiger partial charge in [0.1, 0.15) is 5.82 Å². The van der Waals surface area contributed by atoms with Crippen LogP contribution in [0.3, 0.4) is 0 Å². The van der Waals surface area contributed by atoms with Crippen molar-refractivity contribution in [3.8, 4) is 11.4 Å². The van der Waals surface area contributed by atoms with Crippen molar-refractivity contribution >= 4 is 51.7 Å². The SMILES string of the molecule is CN1CCN(NC(=O)c2ccc(-c3nc4cc(Cl)c(Cl)cc4n3Cc3ccc(Cl)cc3)cc2)CC1. The Labute approximate surface area is 219 Å². The summed E-state index contributed by atoms with van der Waals surface area (Å²) >= 11 is 18.7. The second kappa shape index (κ2) is 10.2. The minimum atomic E-state index is -0.116. The van der Waals surface area contributed by atoms with Gasteiger partial charge in [0.25, 0.3) is 5.91 Å². The van der Waals surface area contributed by atoms with E-state index in [0.29, 0.717) is 27.2 Å². The molecular weight excluding hydrogens is 505 g/mol. The van der Waals surface area contributed by atoms with Crippen molar-refractivity contribution in [1.29, 1.82) is 0 Å². The third kappa shape index (κ3) is 5.32. The summed E-state index contributed by atoms with van der Waals surface area (Å²) in [6, 6.07) is 18.8. The molecule has 0 unspecified atom stereocenters. The molecule has 180 valence electrons. The van der Waals surface area contributed by atoms with Gasteiger partial charge in [-0.05, 0) is 49.0 Å². The highest BCUT2D eigenvalue weighted by molar-refractivity contribution is 6.42. The van der Waals surface area contributed by atoms with Crippen LogP contribution < -0.4 is 5.43 Å². The van der Waals surface area contributed by atoms with Crippen LogP contribution in [0, 0.1) is 0 Å². The monoisotopic (exact) mass is 527 g/mol. The van der Waals surface area contributed by atoms with E-state index in [0.717, 1.165) is 54.2 Å². The average molecular weight is 529 g/mol. The third-order valence-corrected chi connectivity index (χ3v) is 7.19. The number of aromatic nitrogens is 2. The first-order valence-electron chi connectivity index (χ1n) is 11.3. The maximum atomic E-state index is 12.8. The first-order chi connectivity index (χ1) is 16.9. The summed E-state index contributed by atoms with van der Waals surface area (Å²) in [7, 11) is 2.08. The molecule has 0 saturated carbocycles. The predicted octanol–water partition coefficient (Wildman–Crippen LogP) is 5.60. The summed E-state index contributed by atoms with van der Waals surface area (Å²) < 4.78 is 2.10. The summed E-state index contributed by atoms with van der Waals surface area (Å²) in [4.78, 5) is 19.9. The van der Waals surface area contributed by atoms with Gasteiger partial charge in [-0.1, -0.05) is 59.1 Å². The van der Waals surface area contributed by atoms with Crippen molar-refractivity contribution in [2.75, 3.05) is 33.2 Å². The highest BCUT2D eigenvalue weighted by Gasteiger charge is 2.18. The number of amides is 1. The molecule has 0 radical (unpaired) electrons. The van der Waals surface area contributed by atoms with Crippen molar-refractivity contribution in [2.24, 2.45) is 0 Å². The van der Waals surface area contributed by atoms with E-state index in [9.17, 15) is 4.79 Å². The number of carbonyl (C=O) groups excluding carboxylic acids is 1. The van der Waals surface area contributed by atoms with E-state index in [4.69, 9.17) is 39.8 Å². The Morgan fingerprint density at radius 2 is 1.57 bits per heavy atom. The number of nitrogens with one attached hydrogen (secondary N) is 1. The quantitative estimate of drug-likeness (QED) is 0.366. The number of rotatable bonds is 5. The van der Waals surface area contributed by atoms with Crippen molar-refractivity contribution in [3.63, 3.8) is 0 Å². The van der Waals surface area contributed by atoms with Gasteiger partial charge >= 0.3 is 0 Å². The van der Waals surface area contributed by atoms with Gasteiger partial charge in [0.15, 0.2) is 0 Å². The Kier molecular flexibility index (Phi) is 7.00. The molecule has 1 amide bonds. The van der Waals surface area contributed by atoms with Crippen molar-refractivity contribution in [3.05, 3.63) is 86.9 Å².